The molecule has 2 atom stereocenters. The molecule has 5 heteroatoms. The summed E-state index contributed by atoms with van der Waals surface area (Å²) in [6, 6.07) is 45.6. The molecular formula is C42H36Cl2P2Ti-2. The van der Waals surface area contributed by atoms with Crippen molar-refractivity contribution in [3.63, 3.8) is 0 Å². The molecule has 234 valence electrons. The monoisotopic (exact) mass is 720 g/mol. The first kappa shape index (κ1) is 31.7. The van der Waals surface area contributed by atoms with Gasteiger partial charge in [-0.2, -0.15) is 12.1 Å². The van der Waals surface area contributed by atoms with Gasteiger partial charge < -0.3 is 0 Å². The standard InChI is InChI=1S/2C21H18P.2ClH.Ti/c2*1-2-8-16-14-17(13-15(16)7-1)22-20-11-5-3-9-18(20)19-10-4-6-12-21(19)22;;;/h2*1-3,5,7-9,11,13-14H,4,6,10,12H2;2*1H;/q2*-1;;;+2/p-2. The second kappa shape index (κ2) is 14.1. The fraction of sp³-hybridized carbons (Fsp3) is 0.190. The fourth-order valence-corrected chi connectivity index (χ4v) is 14.1. The van der Waals surface area contributed by atoms with Crippen LogP contribution in [0.25, 0.3) is 53.2 Å². The second-order valence-electron chi connectivity index (χ2n) is 12.7. The van der Waals surface area contributed by atoms with Crippen molar-refractivity contribution in [1.82, 2.24) is 0 Å². The first-order valence-corrected chi connectivity index (χ1v) is 23.7. The molecule has 0 aliphatic heterocycles. The molecule has 2 unspecified atom stereocenters. The third-order valence-electron chi connectivity index (χ3n) is 10.1. The minimum Gasteiger partial charge on any atom is -0.157 e. The molecule has 0 fully saturated rings. The van der Waals surface area contributed by atoms with Gasteiger partial charge in [-0.15, -0.1) is 85.1 Å². The summed E-state index contributed by atoms with van der Waals surface area (Å²) in [7, 11) is 9.22. The van der Waals surface area contributed by atoms with Gasteiger partial charge in [0.05, 0.1) is 0 Å². The average molecular weight is 721 g/mol. The molecule has 2 heterocycles. The normalized spacial score (nSPS) is 14.7. The minimum absolute atomic E-state index is 0.281. The molecule has 0 saturated heterocycles. The van der Waals surface area contributed by atoms with E-state index >= 15 is 0 Å². The van der Waals surface area contributed by atoms with Crippen LogP contribution in [0, 0.1) is 0 Å². The number of rotatable bonds is 2. The van der Waals surface area contributed by atoms with Gasteiger partial charge in [-0.05, 0) is 83.9 Å². The van der Waals surface area contributed by atoms with Crippen LogP contribution in [-0.4, -0.2) is 0 Å². The van der Waals surface area contributed by atoms with E-state index in [2.05, 4.69) is 121 Å². The van der Waals surface area contributed by atoms with E-state index in [0.29, 0.717) is 0 Å². The molecule has 47 heavy (non-hydrogen) atoms. The van der Waals surface area contributed by atoms with Crippen molar-refractivity contribution in [2.45, 2.75) is 51.4 Å². The largest absolute Gasteiger partial charge is 0.157 e. The molecule has 0 N–H and O–H groups in total. The molecular weight excluding hydrogens is 685 g/mol. The van der Waals surface area contributed by atoms with Crippen molar-refractivity contribution in [2.75, 3.05) is 0 Å². The zero-order valence-corrected chi connectivity index (χ0v) is 31.2. The summed E-state index contributed by atoms with van der Waals surface area (Å²) < 4.78 is 0. The Morgan fingerprint density at radius 1 is 0.489 bits per heavy atom. The molecule has 0 amide bonds. The van der Waals surface area contributed by atoms with Crippen LogP contribution in [0.2, 0.25) is 0 Å². The number of hydrogen-bond donors (Lipinski definition) is 0. The maximum absolute atomic E-state index is 4.89. The predicted molar refractivity (Wildman–Crippen MR) is 207 cm³/mol. The Labute approximate surface area is 296 Å². The molecule has 0 nitrogen and oxygen atoms in total. The van der Waals surface area contributed by atoms with E-state index in [9.17, 15) is 0 Å². The number of aryl methyl sites for hydroxylation is 2. The second-order valence-corrected chi connectivity index (χ2v) is 19.7. The molecule has 0 radical (unpaired) electrons. The van der Waals surface area contributed by atoms with Gasteiger partial charge in [0.2, 0.25) is 0 Å². The molecule has 0 bridgehead atoms. The first-order valence-electron chi connectivity index (χ1n) is 16.8. The van der Waals surface area contributed by atoms with Gasteiger partial charge in [-0.1, -0.05) is 71.3 Å². The van der Waals surface area contributed by atoms with Crippen molar-refractivity contribution in [3.05, 3.63) is 143 Å². The van der Waals surface area contributed by atoms with Gasteiger partial charge in [-0.3, -0.25) is 0 Å². The molecule has 10 rings (SSSR count). The van der Waals surface area contributed by atoms with Crippen LogP contribution in [0.3, 0.4) is 0 Å². The van der Waals surface area contributed by atoms with Crippen LogP contribution in [0.5, 0.6) is 0 Å². The van der Waals surface area contributed by atoms with Crippen molar-refractivity contribution in [2.24, 2.45) is 0 Å². The van der Waals surface area contributed by atoms with Gasteiger partial charge in [0, 0.05) is 10.2 Å². The molecule has 0 saturated carbocycles. The van der Waals surface area contributed by atoms with E-state index in [1.165, 1.54) is 72.9 Å². The predicted octanol–water partition coefficient (Wildman–Crippen LogP) is 14.5. The summed E-state index contributed by atoms with van der Waals surface area (Å²) in [5, 5.41) is 18.5. The maximum Gasteiger partial charge on any atom is 0.00467 e. The molecule has 6 aromatic carbocycles. The summed E-state index contributed by atoms with van der Waals surface area (Å²) in [4.78, 5) is 0. The van der Waals surface area contributed by atoms with E-state index in [4.69, 9.17) is 18.6 Å². The molecule has 8 aromatic rings. The fourth-order valence-electron chi connectivity index (χ4n) is 8.11. The van der Waals surface area contributed by atoms with E-state index in [1.807, 2.05) is 0 Å². The summed E-state index contributed by atoms with van der Waals surface area (Å²) in [5.74, 6) is 0. The van der Waals surface area contributed by atoms with E-state index in [0.717, 1.165) is 0 Å². The third kappa shape index (κ3) is 6.02. The van der Waals surface area contributed by atoms with Crippen LogP contribution in [0.1, 0.15) is 47.4 Å². The van der Waals surface area contributed by atoms with Gasteiger partial charge >= 0.3 is 35.6 Å². The third-order valence-corrected chi connectivity index (χ3v) is 15.4. The molecule has 0 spiro atoms. The Hall–Kier alpha value is -2.53. The zero-order chi connectivity index (χ0) is 31.7. The SMILES string of the molecule is [Cl][Ti][Cl].c1ccc2[cH-]c(-p3c4c(c5ccccc53)CCCC4)cc2c1.c1ccc2[cH-]c(-p3c4c(c5ccccc53)CCCC4)cc2c1. The molecule has 2 aromatic heterocycles. The summed E-state index contributed by atoms with van der Waals surface area (Å²) in [6.45, 7) is 0. The van der Waals surface area contributed by atoms with Crippen molar-refractivity contribution < 1.29 is 17.0 Å². The van der Waals surface area contributed by atoms with E-state index in [-0.39, 0.29) is 15.1 Å². The number of halogens is 2. The zero-order valence-electron chi connectivity index (χ0n) is 26.4. The average Bonchev–Trinajstić information content (AvgIpc) is 3.89. The Bertz CT molecular complexity index is 2100. The number of hydrogen-bond acceptors (Lipinski definition) is 0. The molecule has 2 aliphatic rings. The van der Waals surface area contributed by atoms with E-state index < -0.39 is 17.0 Å². The van der Waals surface area contributed by atoms with Crippen molar-refractivity contribution in [1.29, 1.82) is 0 Å². The van der Waals surface area contributed by atoms with Crippen LogP contribution >= 0.6 is 33.7 Å². The van der Waals surface area contributed by atoms with E-state index in [1.54, 1.807) is 53.3 Å². The Morgan fingerprint density at radius 2 is 0.872 bits per heavy atom. The smallest absolute Gasteiger partial charge is 0.00467 e. The quantitative estimate of drug-likeness (QED) is 0.123. The van der Waals surface area contributed by atoms with Gasteiger partial charge in [0.25, 0.3) is 0 Å². The summed E-state index contributed by atoms with van der Waals surface area (Å²) >= 11 is -0.556. The van der Waals surface area contributed by atoms with Gasteiger partial charge in [-0.25, -0.2) is 0 Å². The Kier molecular flexibility index (Phi) is 9.54. The summed E-state index contributed by atoms with van der Waals surface area (Å²) in [6.07, 6.45) is 10.6. The van der Waals surface area contributed by atoms with Gasteiger partial charge in [0.15, 0.2) is 0 Å². The number of benzene rings is 4. The van der Waals surface area contributed by atoms with Gasteiger partial charge in [0.1, 0.15) is 0 Å². The van der Waals surface area contributed by atoms with Crippen molar-refractivity contribution >= 4 is 76.2 Å². The van der Waals surface area contributed by atoms with Crippen LogP contribution < -0.4 is 0 Å². The molecule has 2 aliphatic carbocycles. The maximum atomic E-state index is 4.89. The Morgan fingerprint density at radius 3 is 1.32 bits per heavy atom. The Balaban J connectivity index is 0.000000128. The van der Waals surface area contributed by atoms with Crippen LogP contribution in [0.15, 0.2) is 121 Å². The number of fused-ring (bicyclic) bond motifs is 8. The van der Waals surface area contributed by atoms with Crippen LogP contribution in [-0.2, 0) is 42.7 Å². The summed E-state index contributed by atoms with van der Waals surface area (Å²) in [5.41, 5.74) is 3.36. The first-order chi connectivity index (χ1) is 23.2. The minimum atomic E-state index is -0.556. The topological polar surface area (TPSA) is 0 Å². The van der Waals surface area contributed by atoms with Crippen LogP contribution in [0.4, 0.5) is 0 Å². The van der Waals surface area contributed by atoms with Crippen molar-refractivity contribution in [3.8, 4) is 10.6 Å².